The zero-order valence-electron chi connectivity index (χ0n) is 19.3. The summed E-state index contributed by atoms with van der Waals surface area (Å²) in [7, 11) is 1.57. The number of anilines is 1. The largest absolute Gasteiger partial charge is 0.497 e. The number of amides is 2. The molecule has 0 saturated carbocycles. The van der Waals surface area contributed by atoms with E-state index in [4.69, 9.17) is 4.74 Å². The zero-order chi connectivity index (χ0) is 24.8. The first kappa shape index (κ1) is 26.1. The Morgan fingerprint density at radius 1 is 1.06 bits per heavy atom. The fourth-order valence-electron chi connectivity index (χ4n) is 3.04. The number of benzene rings is 2. The van der Waals surface area contributed by atoms with Gasteiger partial charge < -0.3 is 15.0 Å². The lowest BCUT2D eigenvalue weighted by Gasteiger charge is -2.32. The van der Waals surface area contributed by atoms with Crippen molar-refractivity contribution >= 4 is 27.7 Å². The van der Waals surface area contributed by atoms with Gasteiger partial charge in [-0.1, -0.05) is 12.1 Å². The highest BCUT2D eigenvalue weighted by Gasteiger charge is 2.32. The molecule has 33 heavy (non-hydrogen) atoms. The van der Waals surface area contributed by atoms with Gasteiger partial charge in [-0.2, -0.15) is 12.7 Å². The number of nitrogens with one attached hydrogen (secondary N) is 1. The minimum atomic E-state index is -4.09. The van der Waals surface area contributed by atoms with E-state index in [0.29, 0.717) is 5.75 Å². The number of methoxy groups -OCH3 is 1. The minimum absolute atomic E-state index is 0.0662. The van der Waals surface area contributed by atoms with Gasteiger partial charge in [-0.3, -0.25) is 9.59 Å². The van der Waals surface area contributed by atoms with Crippen LogP contribution in [0.15, 0.2) is 48.5 Å². The van der Waals surface area contributed by atoms with Crippen molar-refractivity contribution in [2.75, 3.05) is 39.1 Å². The predicted molar refractivity (Wildman–Crippen MR) is 123 cm³/mol. The SMILES string of the molecule is CNC(=O)C(C)N(Cc1ccc(OC)cc1)C(=O)CN(c1ccc(F)cc1)S(=O)(=O)N(C)C. The summed E-state index contributed by atoms with van der Waals surface area (Å²) >= 11 is 0. The fraction of sp³-hybridized carbons (Fsp3) is 0.364. The molecule has 0 fully saturated rings. The van der Waals surface area contributed by atoms with Crippen LogP contribution in [0.3, 0.4) is 0 Å². The highest BCUT2D eigenvalue weighted by molar-refractivity contribution is 7.90. The fourth-order valence-corrected chi connectivity index (χ4v) is 4.10. The summed E-state index contributed by atoms with van der Waals surface area (Å²) in [6, 6.07) is 10.9. The maximum absolute atomic E-state index is 13.4. The molecule has 0 spiro atoms. The van der Waals surface area contributed by atoms with Gasteiger partial charge in [0.2, 0.25) is 11.8 Å². The Morgan fingerprint density at radius 2 is 1.64 bits per heavy atom. The van der Waals surface area contributed by atoms with Crippen molar-refractivity contribution in [1.29, 1.82) is 0 Å². The molecule has 0 saturated heterocycles. The maximum Gasteiger partial charge on any atom is 0.304 e. The number of likely N-dealkylation sites (N-methyl/N-ethyl adjacent to an activating group) is 1. The van der Waals surface area contributed by atoms with Crippen LogP contribution in [0.4, 0.5) is 10.1 Å². The van der Waals surface area contributed by atoms with E-state index in [0.717, 1.165) is 26.3 Å². The summed E-state index contributed by atoms with van der Waals surface area (Å²) in [6.45, 7) is 1.04. The van der Waals surface area contributed by atoms with E-state index in [1.807, 2.05) is 0 Å². The standard InChI is InChI=1S/C22H29FN4O5S/c1-16(22(29)24-2)26(14-17-6-12-20(32-5)13-7-17)21(28)15-27(33(30,31)25(3)4)19-10-8-18(23)9-11-19/h6-13,16H,14-15H2,1-5H3,(H,24,29). The van der Waals surface area contributed by atoms with E-state index in [1.54, 1.807) is 31.2 Å². The Kier molecular flexibility index (Phi) is 8.77. The third-order valence-corrected chi connectivity index (χ3v) is 6.88. The molecule has 0 aliphatic rings. The van der Waals surface area contributed by atoms with E-state index in [1.165, 1.54) is 45.3 Å². The summed E-state index contributed by atoms with van der Waals surface area (Å²) in [5.41, 5.74) is 0.846. The van der Waals surface area contributed by atoms with Gasteiger partial charge in [0.15, 0.2) is 0 Å². The van der Waals surface area contributed by atoms with Crippen molar-refractivity contribution in [3.8, 4) is 5.75 Å². The van der Waals surface area contributed by atoms with Gasteiger partial charge in [0.05, 0.1) is 12.8 Å². The molecule has 0 bridgehead atoms. The second-order valence-corrected chi connectivity index (χ2v) is 9.50. The second-order valence-electron chi connectivity index (χ2n) is 7.43. The van der Waals surface area contributed by atoms with Gasteiger partial charge in [-0.05, 0) is 48.9 Å². The maximum atomic E-state index is 13.4. The van der Waals surface area contributed by atoms with Gasteiger partial charge in [0.1, 0.15) is 24.2 Å². The Morgan fingerprint density at radius 3 is 2.12 bits per heavy atom. The van der Waals surface area contributed by atoms with Crippen LogP contribution in [-0.4, -0.2) is 70.3 Å². The number of hydrogen-bond donors (Lipinski definition) is 1. The predicted octanol–water partition coefficient (Wildman–Crippen LogP) is 1.61. The summed E-state index contributed by atoms with van der Waals surface area (Å²) in [4.78, 5) is 27.0. The first-order chi connectivity index (χ1) is 15.5. The number of rotatable bonds is 10. The Balaban J connectivity index is 2.42. The molecule has 0 aliphatic carbocycles. The molecular weight excluding hydrogens is 451 g/mol. The quantitative estimate of drug-likeness (QED) is 0.557. The van der Waals surface area contributed by atoms with Crippen molar-refractivity contribution in [2.45, 2.75) is 19.5 Å². The number of carbonyl (C=O) groups is 2. The lowest BCUT2D eigenvalue weighted by Crippen LogP contribution is -2.52. The van der Waals surface area contributed by atoms with Crippen LogP contribution >= 0.6 is 0 Å². The molecule has 2 rings (SSSR count). The lowest BCUT2D eigenvalue weighted by molar-refractivity contribution is -0.139. The highest BCUT2D eigenvalue weighted by atomic mass is 32.2. The molecule has 0 aliphatic heterocycles. The van der Waals surface area contributed by atoms with Crippen LogP contribution in [0.1, 0.15) is 12.5 Å². The molecule has 0 aromatic heterocycles. The van der Waals surface area contributed by atoms with Crippen molar-refractivity contribution in [1.82, 2.24) is 14.5 Å². The van der Waals surface area contributed by atoms with Crippen LogP contribution in [0.2, 0.25) is 0 Å². The van der Waals surface area contributed by atoms with E-state index in [2.05, 4.69) is 5.32 Å². The number of nitrogens with zero attached hydrogens (tertiary/aromatic N) is 3. The summed E-state index contributed by atoms with van der Waals surface area (Å²) in [6.07, 6.45) is 0. The van der Waals surface area contributed by atoms with Gasteiger partial charge >= 0.3 is 10.2 Å². The monoisotopic (exact) mass is 480 g/mol. The van der Waals surface area contributed by atoms with Crippen molar-refractivity contribution in [3.05, 3.63) is 59.9 Å². The van der Waals surface area contributed by atoms with Gasteiger partial charge in [0.25, 0.3) is 0 Å². The molecular formula is C22H29FN4O5S. The first-order valence-electron chi connectivity index (χ1n) is 10.1. The molecule has 0 heterocycles. The number of ether oxygens (including phenoxy) is 1. The zero-order valence-corrected chi connectivity index (χ0v) is 20.1. The molecule has 11 heteroatoms. The van der Waals surface area contributed by atoms with Gasteiger partial charge in [0, 0.05) is 27.7 Å². The molecule has 1 unspecified atom stereocenters. The Hall–Kier alpha value is -3.18. The average Bonchev–Trinajstić information content (AvgIpc) is 2.80. The Bertz CT molecular complexity index is 1060. The lowest BCUT2D eigenvalue weighted by atomic mass is 10.1. The molecule has 2 aromatic carbocycles. The first-order valence-corrected chi connectivity index (χ1v) is 11.5. The number of carbonyl (C=O) groups excluding carboxylic acids is 2. The van der Waals surface area contributed by atoms with E-state index in [9.17, 15) is 22.4 Å². The van der Waals surface area contributed by atoms with Crippen LogP contribution in [-0.2, 0) is 26.3 Å². The topological polar surface area (TPSA) is 99.3 Å². The molecule has 0 radical (unpaired) electrons. The van der Waals surface area contributed by atoms with E-state index in [-0.39, 0.29) is 12.2 Å². The summed E-state index contributed by atoms with van der Waals surface area (Å²) in [5, 5.41) is 2.51. The summed E-state index contributed by atoms with van der Waals surface area (Å²) in [5.74, 6) is -0.908. The highest BCUT2D eigenvalue weighted by Crippen LogP contribution is 2.21. The molecule has 1 N–H and O–H groups in total. The van der Waals surface area contributed by atoms with E-state index < -0.39 is 40.4 Å². The van der Waals surface area contributed by atoms with Crippen molar-refractivity contribution < 1.29 is 27.1 Å². The van der Waals surface area contributed by atoms with Gasteiger partial charge in [-0.15, -0.1) is 0 Å². The minimum Gasteiger partial charge on any atom is -0.497 e. The smallest absolute Gasteiger partial charge is 0.304 e. The normalized spacial score (nSPS) is 12.2. The average molecular weight is 481 g/mol. The van der Waals surface area contributed by atoms with Crippen LogP contribution < -0.4 is 14.4 Å². The molecule has 2 aromatic rings. The third-order valence-electron chi connectivity index (χ3n) is 5.06. The molecule has 180 valence electrons. The molecule has 1 atom stereocenters. The number of hydrogen-bond acceptors (Lipinski definition) is 5. The van der Waals surface area contributed by atoms with Gasteiger partial charge in [-0.25, -0.2) is 8.70 Å². The van der Waals surface area contributed by atoms with Crippen molar-refractivity contribution in [2.24, 2.45) is 0 Å². The second kappa shape index (κ2) is 11.1. The van der Waals surface area contributed by atoms with Crippen LogP contribution in [0.5, 0.6) is 5.75 Å². The van der Waals surface area contributed by atoms with E-state index >= 15 is 0 Å². The van der Waals surface area contributed by atoms with Crippen LogP contribution in [0, 0.1) is 5.82 Å². The summed E-state index contributed by atoms with van der Waals surface area (Å²) < 4.78 is 46.3. The Labute approximate surface area is 193 Å². The molecule has 2 amide bonds. The number of halogens is 1. The van der Waals surface area contributed by atoms with Crippen LogP contribution in [0.25, 0.3) is 0 Å². The van der Waals surface area contributed by atoms with Crippen molar-refractivity contribution in [3.63, 3.8) is 0 Å². The molecule has 9 nitrogen and oxygen atoms in total. The third kappa shape index (κ3) is 6.42.